The third-order valence-electron chi connectivity index (χ3n) is 5.84. The molecular formula is C23H33N3O4S. The molecule has 2 aliphatic heterocycles. The summed E-state index contributed by atoms with van der Waals surface area (Å²) in [6, 6.07) is 8.12. The number of hydrogen-bond acceptors (Lipinski definition) is 6. The average Bonchev–Trinajstić information content (AvgIpc) is 3.06. The number of nitrogens with zero attached hydrogens (tertiary/aromatic N) is 3. The first kappa shape index (κ1) is 23.6. The summed E-state index contributed by atoms with van der Waals surface area (Å²) in [6.07, 6.45) is 2.04. The molecule has 0 spiro atoms. The molecule has 0 aliphatic carbocycles. The molecular weight excluding hydrogens is 414 g/mol. The number of imide groups is 1. The van der Waals surface area contributed by atoms with Crippen LogP contribution in [0.3, 0.4) is 0 Å². The average molecular weight is 448 g/mol. The number of carbonyl (C=O) groups excluding carboxylic acids is 3. The van der Waals surface area contributed by atoms with Crippen LogP contribution in [0.1, 0.15) is 32.3 Å². The molecule has 2 aliphatic rings. The number of ether oxygens (including phenoxy) is 1. The second-order valence-electron chi connectivity index (χ2n) is 8.76. The van der Waals surface area contributed by atoms with Crippen LogP contribution in [0.4, 0.5) is 4.79 Å². The van der Waals surface area contributed by atoms with Gasteiger partial charge in [0, 0.05) is 25.2 Å². The van der Waals surface area contributed by atoms with Crippen molar-refractivity contribution in [2.75, 3.05) is 45.6 Å². The highest BCUT2D eigenvalue weighted by molar-refractivity contribution is 8.14. The Labute approximate surface area is 189 Å². The van der Waals surface area contributed by atoms with Crippen molar-refractivity contribution in [3.05, 3.63) is 29.8 Å². The van der Waals surface area contributed by atoms with Gasteiger partial charge in [-0.1, -0.05) is 43.8 Å². The Balaban J connectivity index is 1.53. The maximum absolute atomic E-state index is 12.9. The molecule has 170 valence electrons. The Kier molecular flexibility index (Phi) is 8.37. The minimum atomic E-state index is -0.313. The van der Waals surface area contributed by atoms with Gasteiger partial charge in [-0.25, -0.2) is 0 Å². The molecule has 8 heteroatoms. The summed E-state index contributed by atoms with van der Waals surface area (Å²) in [6.45, 7) is 8.17. The van der Waals surface area contributed by atoms with Crippen molar-refractivity contribution in [2.45, 2.75) is 33.2 Å². The SMILES string of the molecule is COc1ccccc1CN1CCC(CN(CC(C)C)C(=O)CN2C(=O)CSC2=O)CC1. The van der Waals surface area contributed by atoms with Gasteiger partial charge in [-0.15, -0.1) is 0 Å². The molecule has 1 aromatic carbocycles. The van der Waals surface area contributed by atoms with E-state index in [9.17, 15) is 14.4 Å². The highest BCUT2D eigenvalue weighted by Gasteiger charge is 2.33. The van der Waals surface area contributed by atoms with Gasteiger partial charge >= 0.3 is 0 Å². The summed E-state index contributed by atoms with van der Waals surface area (Å²) < 4.78 is 5.47. The molecule has 3 rings (SSSR count). The molecule has 2 heterocycles. The number of para-hydroxylation sites is 1. The molecule has 7 nitrogen and oxygen atoms in total. The van der Waals surface area contributed by atoms with Gasteiger partial charge in [0.2, 0.25) is 11.8 Å². The van der Waals surface area contributed by atoms with Crippen LogP contribution in [-0.4, -0.2) is 77.3 Å². The number of piperidine rings is 1. The highest BCUT2D eigenvalue weighted by Crippen LogP contribution is 2.25. The fraction of sp³-hybridized carbons (Fsp3) is 0.609. The normalized spacial score (nSPS) is 18.1. The Morgan fingerprint density at radius 2 is 1.94 bits per heavy atom. The second kappa shape index (κ2) is 11.0. The first-order valence-corrected chi connectivity index (χ1v) is 11.9. The third-order valence-corrected chi connectivity index (χ3v) is 6.70. The zero-order valence-corrected chi connectivity index (χ0v) is 19.5. The van der Waals surface area contributed by atoms with Crippen molar-refractivity contribution in [3.63, 3.8) is 0 Å². The van der Waals surface area contributed by atoms with Gasteiger partial charge < -0.3 is 9.64 Å². The van der Waals surface area contributed by atoms with Crippen LogP contribution in [0, 0.1) is 11.8 Å². The number of amides is 3. The lowest BCUT2D eigenvalue weighted by Crippen LogP contribution is -2.46. The van der Waals surface area contributed by atoms with Crippen molar-refractivity contribution in [2.24, 2.45) is 11.8 Å². The van der Waals surface area contributed by atoms with Gasteiger partial charge in [-0.05, 0) is 43.8 Å². The van der Waals surface area contributed by atoms with Crippen LogP contribution >= 0.6 is 11.8 Å². The molecule has 0 N–H and O–H groups in total. The number of carbonyl (C=O) groups is 3. The predicted molar refractivity (Wildman–Crippen MR) is 122 cm³/mol. The van der Waals surface area contributed by atoms with Crippen molar-refractivity contribution >= 4 is 28.8 Å². The summed E-state index contributed by atoms with van der Waals surface area (Å²) in [5, 5.41) is -0.313. The summed E-state index contributed by atoms with van der Waals surface area (Å²) in [5.74, 6) is 1.42. The van der Waals surface area contributed by atoms with E-state index in [4.69, 9.17) is 4.74 Å². The predicted octanol–water partition coefficient (Wildman–Crippen LogP) is 3.09. The topological polar surface area (TPSA) is 70.2 Å². The molecule has 2 fully saturated rings. The van der Waals surface area contributed by atoms with E-state index in [0.29, 0.717) is 24.9 Å². The van der Waals surface area contributed by atoms with E-state index in [-0.39, 0.29) is 29.4 Å². The monoisotopic (exact) mass is 447 g/mol. The molecule has 3 amide bonds. The first-order valence-electron chi connectivity index (χ1n) is 11.0. The second-order valence-corrected chi connectivity index (χ2v) is 9.68. The van der Waals surface area contributed by atoms with Gasteiger partial charge in [0.1, 0.15) is 12.3 Å². The smallest absolute Gasteiger partial charge is 0.289 e. The van der Waals surface area contributed by atoms with Gasteiger partial charge in [-0.3, -0.25) is 24.2 Å². The quantitative estimate of drug-likeness (QED) is 0.579. The van der Waals surface area contributed by atoms with E-state index in [2.05, 4.69) is 24.8 Å². The fourth-order valence-electron chi connectivity index (χ4n) is 4.20. The molecule has 0 bridgehead atoms. The minimum Gasteiger partial charge on any atom is -0.496 e. The lowest BCUT2D eigenvalue weighted by Gasteiger charge is -2.36. The van der Waals surface area contributed by atoms with Crippen LogP contribution in [-0.2, 0) is 16.1 Å². The number of thioether (sulfide) groups is 1. The number of hydrogen-bond donors (Lipinski definition) is 0. The maximum atomic E-state index is 12.9. The summed E-state index contributed by atoms with van der Waals surface area (Å²) in [4.78, 5) is 42.1. The largest absolute Gasteiger partial charge is 0.496 e. The van der Waals surface area contributed by atoms with E-state index in [1.807, 2.05) is 23.1 Å². The minimum absolute atomic E-state index is 0.130. The summed E-state index contributed by atoms with van der Waals surface area (Å²) >= 11 is 0.972. The fourth-order valence-corrected chi connectivity index (χ4v) is 4.93. The van der Waals surface area contributed by atoms with Crippen LogP contribution in [0.15, 0.2) is 24.3 Å². The van der Waals surface area contributed by atoms with E-state index in [1.165, 1.54) is 5.56 Å². The summed E-state index contributed by atoms with van der Waals surface area (Å²) in [5.41, 5.74) is 1.19. The zero-order valence-electron chi connectivity index (χ0n) is 18.7. The Morgan fingerprint density at radius 3 is 2.55 bits per heavy atom. The lowest BCUT2D eigenvalue weighted by atomic mass is 9.95. The number of likely N-dealkylation sites (tertiary alicyclic amines) is 1. The Bertz CT molecular complexity index is 777. The van der Waals surface area contributed by atoms with E-state index >= 15 is 0 Å². The Hall–Kier alpha value is -2.06. The van der Waals surface area contributed by atoms with Crippen LogP contribution < -0.4 is 4.74 Å². The van der Waals surface area contributed by atoms with E-state index in [1.54, 1.807) is 7.11 Å². The van der Waals surface area contributed by atoms with Gasteiger partial charge in [0.05, 0.1) is 12.9 Å². The van der Waals surface area contributed by atoms with Crippen molar-refractivity contribution in [1.29, 1.82) is 0 Å². The molecule has 31 heavy (non-hydrogen) atoms. The summed E-state index contributed by atoms with van der Waals surface area (Å²) in [7, 11) is 1.70. The van der Waals surface area contributed by atoms with Crippen LogP contribution in [0.5, 0.6) is 5.75 Å². The standard InChI is InChI=1S/C23H33N3O4S/c1-17(2)12-25(21(27)15-26-22(28)16-31-23(26)29)13-18-8-10-24(11-9-18)14-19-6-4-5-7-20(19)30-3/h4-7,17-18H,8-16H2,1-3H3. The maximum Gasteiger partial charge on any atom is 0.289 e. The number of rotatable bonds is 9. The zero-order chi connectivity index (χ0) is 22.4. The first-order chi connectivity index (χ1) is 14.9. The Morgan fingerprint density at radius 1 is 1.23 bits per heavy atom. The van der Waals surface area contributed by atoms with Crippen LogP contribution in [0.25, 0.3) is 0 Å². The lowest BCUT2D eigenvalue weighted by molar-refractivity contribution is -0.137. The van der Waals surface area contributed by atoms with E-state index < -0.39 is 0 Å². The third kappa shape index (κ3) is 6.46. The molecule has 0 atom stereocenters. The van der Waals surface area contributed by atoms with Crippen molar-refractivity contribution in [3.8, 4) is 5.75 Å². The van der Waals surface area contributed by atoms with Gasteiger partial charge in [-0.2, -0.15) is 0 Å². The number of benzene rings is 1. The molecule has 0 unspecified atom stereocenters. The molecule has 1 aromatic rings. The number of methoxy groups -OCH3 is 1. The van der Waals surface area contributed by atoms with Gasteiger partial charge in [0.25, 0.3) is 5.24 Å². The van der Waals surface area contributed by atoms with Crippen molar-refractivity contribution in [1.82, 2.24) is 14.7 Å². The molecule has 0 saturated carbocycles. The molecule has 2 saturated heterocycles. The highest BCUT2D eigenvalue weighted by atomic mass is 32.2. The van der Waals surface area contributed by atoms with Crippen LogP contribution in [0.2, 0.25) is 0 Å². The van der Waals surface area contributed by atoms with Crippen molar-refractivity contribution < 1.29 is 19.1 Å². The van der Waals surface area contributed by atoms with E-state index in [0.717, 1.165) is 54.9 Å². The molecule has 0 radical (unpaired) electrons. The van der Waals surface area contributed by atoms with Gasteiger partial charge in [0.15, 0.2) is 0 Å². The molecule has 0 aromatic heterocycles.